The second-order valence-electron chi connectivity index (χ2n) is 8.86. The van der Waals surface area contributed by atoms with Crippen LogP contribution in [-0.2, 0) is 22.4 Å². The lowest BCUT2D eigenvalue weighted by Crippen LogP contribution is -2.41. The molecule has 1 heterocycles. The summed E-state index contributed by atoms with van der Waals surface area (Å²) in [6.07, 6.45) is 1.05. The van der Waals surface area contributed by atoms with Gasteiger partial charge in [-0.25, -0.2) is 0 Å². The van der Waals surface area contributed by atoms with Crippen LogP contribution < -0.4 is 14.2 Å². The summed E-state index contributed by atoms with van der Waals surface area (Å²) in [5.41, 5.74) is 5.31. The second-order valence-corrected chi connectivity index (χ2v) is 8.86. The number of rotatable bonds is 6. The van der Waals surface area contributed by atoms with Crippen molar-refractivity contribution in [1.82, 2.24) is 4.90 Å². The lowest BCUT2D eigenvalue weighted by atomic mass is 9.88. The first-order valence-electron chi connectivity index (χ1n) is 11.8. The maximum absolute atomic E-state index is 12.4. The summed E-state index contributed by atoms with van der Waals surface area (Å²) < 4.78 is 22.7. The molecule has 0 bridgehead atoms. The number of ether oxygens (including phenoxy) is 4. The highest BCUT2D eigenvalue weighted by Crippen LogP contribution is 2.41. The molecule has 3 aromatic carbocycles. The van der Waals surface area contributed by atoms with Gasteiger partial charge in [0.25, 0.3) is 0 Å². The van der Waals surface area contributed by atoms with E-state index < -0.39 is 6.10 Å². The molecule has 1 aliphatic rings. The van der Waals surface area contributed by atoms with E-state index in [1.807, 2.05) is 42.5 Å². The first-order valence-corrected chi connectivity index (χ1v) is 11.8. The van der Waals surface area contributed by atoms with Crippen LogP contribution in [0.15, 0.2) is 60.7 Å². The van der Waals surface area contributed by atoms with Crippen molar-refractivity contribution in [3.8, 4) is 28.4 Å². The van der Waals surface area contributed by atoms with E-state index in [-0.39, 0.29) is 12.0 Å². The Morgan fingerprint density at radius 1 is 0.886 bits per heavy atom. The van der Waals surface area contributed by atoms with Gasteiger partial charge in [0.2, 0.25) is 0 Å². The second kappa shape index (κ2) is 10.8. The van der Waals surface area contributed by atoms with Crippen molar-refractivity contribution in [2.75, 3.05) is 34.9 Å². The average Bonchev–Trinajstić information content (AvgIpc) is 2.92. The van der Waals surface area contributed by atoms with E-state index >= 15 is 0 Å². The summed E-state index contributed by atoms with van der Waals surface area (Å²) in [7, 11) is 7.09. The molecule has 4 rings (SSSR count). The maximum atomic E-state index is 12.4. The number of likely N-dealkylation sites (N-methyl/N-ethyl adjacent to an activating group) is 1. The Morgan fingerprint density at radius 3 is 2.23 bits per heavy atom. The number of benzene rings is 3. The van der Waals surface area contributed by atoms with Crippen LogP contribution in [0.25, 0.3) is 11.1 Å². The Balaban J connectivity index is 1.90. The molecular formula is C29H33NO5. The Hall–Kier alpha value is -3.51. The standard InChI is InChI=1S/C29H33NO5/c1-19(31)35-29-25-12-11-24(34-5)18-27(25)26-17-23(33-4)10-9-21(26)13-14-30(2)28(29)16-20-7-6-8-22(15-20)32-3/h6-12,15,17-18,28-29H,13-14,16H2,1-5H3. The van der Waals surface area contributed by atoms with E-state index in [9.17, 15) is 4.79 Å². The molecule has 6 nitrogen and oxygen atoms in total. The van der Waals surface area contributed by atoms with Gasteiger partial charge in [0, 0.05) is 19.0 Å². The van der Waals surface area contributed by atoms with Gasteiger partial charge in [-0.05, 0) is 78.5 Å². The van der Waals surface area contributed by atoms with Crippen molar-refractivity contribution < 1.29 is 23.7 Å². The highest BCUT2D eigenvalue weighted by atomic mass is 16.5. The van der Waals surface area contributed by atoms with Gasteiger partial charge in [-0.3, -0.25) is 9.69 Å². The monoisotopic (exact) mass is 475 g/mol. The third-order valence-electron chi connectivity index (χ3n) is 6.70. The fourth-order valence-electron chi connectivity index (χ4n) is 4.82. The minimum absolute atomic E-state index is 0.0886. The lowest BCUT2D eigenvalue weighted by molar-refractivity contribution is -0.150. The van der Waals surface area contributed by atoms with Crippen molar-refractivity contribution in [1.29, 1.82) is 0 Å². The van der Waals surface area contributed by atoms with Gasteiger partial charge < -0.3 is 18.9 Å². The van der Waals surface area contributed by atoms with Gasteiger partial charge in [-0.1, -0.05) is 24.3 Å². The minimum atomic E-state index is -0.484. The summed E-state index contributed by atoms with van der Waals surface area (Å²) in [5, 5.41) is 0. The SMILES string of the molecule is COc1cccc(CC2C(OC(C)=O)c3ccc(OC)cc3-c3cc(OC)ccc3CCN2C)c1. The quantitative estimate of drug-likeness (QED) is 0.464. The molecule has 2 atom stereocenters. The minimum Gasteiger partial charge on any atom is -0.497 e. The number of esters is 1. The van der Waals surface area contributed by atoms with Crippen LogP contribution in [0.5, 0.6) is 17.2 Å². The Labute approximate surface area is 207 Å². The fraction of sp³-hybridized carbons (Fsp3) is 0.345. The largest absolute Gasteiger partial charge is 0.497 e. The van der Waals surface area contributed by atoms with Crippen molar-refractivity contribution in [3.05, 3.63) is 77.4 Å². The topological polar surface area (TPSA) is 57.2 Å². The number of hydrogen-bond acceptors (Lipinski definition) is 6. The third kappa shape index (κ3) is 5.43. The fourth-order valence-corrected chi connectivity index (χ4v) is 4.82. The van der Waals surface area contributed by atoms with Crippen molar-refractivity contribution in [3.63, 3.8) is 0 Å². The van der Waals surface area contributed by atoms with E-state index in [0.717, 1.165) is 52.5 Å². The van der Waals surface area contributed by atoms with Crippen LogP contribution in [0.3, 0.4) is 0 Å². The summed E-state index contributed by atoms with van der Waals surface area (Å²) in [6.45, 7) is 2.27. The molecule has 0 amide bonds. The molecule has 1 aliphatic heterocycles. The van der Waals surface area contributed by atoms with E-state index in [4.69, 9.17) is 18.9 Å². The Kier molecular flexibility index (Phi) is 7.61. The molecule has 3 aromatic rings. The van der Waals surface area contributed by atoms with E-state index in [1.165, 1.54) is 12.5 Å². The van der Waals surface area contributed by atoms with Gasteiger partial charge >= 0.3 is 5.97 Å². The first-order chi connectivity index (χ1) is 16.9. The van der Waals surface area contributed by atoms with Crippen LogP contribution in [0.1, 0.15) is 29.7 Å². The van der Waals surface area contributed by atoms with Crippen LogP contribution >= 0.6 is 0 Å². The van der Waals surface area contributed by atoms with Crippen LogP contribution in [-0.4, -0.2) is 51.8 Å². The van der Waals surface area contributed by atoms with Crippen LogP contribution in [0.2, 0.25) is 0 Å². The smallest absolute Gasteiger partial charge is 0.303 e. The molecule has 0 radical (unpaired) electrons. The molecule has 0 aromatic heterocycles. The molecule has 0 fully saturated rings. The van der Waals surface area contributed by atoms with Crippen molar-refractivity contribution >= 4 is 5.97 Å². The van der Waals surface area contributed by atoms with Crippen LogP contribution in [0.4, 0.5) is 0 Å². The first kappa shape index (κ1) is 24.6. The number of carbonyl (C=O) groups excluding carboxylic acids is 1. The summed E-state index contributed by atoms with van der Waals surface area (Å²) in [6, 6.07) is 20.1. The maximum Gasteiger partial charge on any atom is 0.303 e. The van der Waals surface area contributed by atoms with E-state index in [0.29, 0.717) is 6.42 Å². The van der Waals surface area contributed by atoms with E-state index in [1.54, 1.807) is 21.3 Å². The molecule has 184 valence electrons. The summed E-state index contributed by atoms with van der Waals surface area (Å²) in [4.78, 5) is 14.7. The Morgan fingerprint density at radius 2 is 1.54 bits per heavy atom. The molecule has 2 unspecified atom stereocenters. The molecule has 0 N–H and O–H groups in total. The van der Waals surface area contributed by atoms with Gasteiger partial charge in [0.15, 0.2) is 0 Å². The van der Waals surface area contributed by atoms with Crippen molar-refractivity contribution in [2.24, 2.45) is 0 Å². The number of hydrogen-bond donors (Lipinski definition) is 0. The zero-order valence-electron chi connectivity index (χ0n) is 21.0. The molecule has 0 spiro atoms. The summed E-state index contributed by atoms with van der Waals surface area (Å²) in [5.74, 6) is 2.02. The number of fused-ring (bicyclic) bond motifs is 3. The van der Waals surface area contributed by atoms with Gasteiger partial charge in [0.1, 0.15) is 23.4 Å². The predicted octanol–water partition coefficient (Wildman–Crippen LogP) is 5.08. The zero-order chi connectivity index (χ0) is 24.9. The molecule has 0 saturated heterocycles. The molecule has 0 saturated carbocycles. The van der Waals surface area contributed by atoms with Gasteiger partial charge in [-0.2, -0.15) is 0 Å². The normalized spacial score (nSPS) is 17.7. The van der Waals surface area contributed by atoms with Gasteiger partial charge in [-0.15, -0.1) is 0 Å². The number of nitrogens with zero attached hydrogens (tertiary/aromatic N) is 1. The zero-order valence-corrected chi connectivity index (χ0v) is 21.0. The molecule has 35 heavy (non-hydrogen) atoms. The number of methoxy groups -OCH3 is 3. The number of carbonyl (C=O) groups is 1. The lowest BCUT2D eigenvalue weighted by Gasteiger charge is -2.34. The molecular weight excluding hydrogens is 442 g/mol. The van der Waals surface area contributed by atoms with Crippen LogP contribution in [0, 0.1) is 0 Å². The predicted molar refractivity (Wildman–Crippen MR) is 136 cm³/mol. The Bertz CT molecular complexity index is 1190. The third-order valence-corrected chi connectivity index (χ3v) is 6.70. The molecule has 0 aliphatic carbocycles. The van der Waals surface area contributed by atoms with Gasteiger partial charge in [0.05, 0.1) is 27.4 Å². The molecule has 6 heteroatoms. The van der Waals surface area contributed by atoms with E-state index in [2.05, 4.69) is 30.1 Å². The summed E-state index contributed by atoms with van der Waals surface area (Å²) >= 11 is 0. The van der Waals surface area contributed by atoms with Crippen molar-refractivity contribution in [2.45, 2.75) is 31.9 Å². The average molecular weight is 476 g/mol. The highest BCUT2D eigenvalue weighted by Gasteiger charge is 2.33. The highest BCUT2D eigenvalue weighted by molar-refractivity contribution is 5.75.